The van der Waals surface area contributed by atoms with Crippen LogP contribution in [0.1, 0.15) is 25.8 Å². The molecule has 1 fully saturated rings. The van der Waals surface area contributed by atoms with Gasteiger partial charge in [-0.05, 0) is 19.4 Å². The number of nitrogens with two attached hydrogens (primary N) is 1. The lowest BCUT2D eigenvalue weighted by Crippen LogP contribution is -2.44. The van der Waals surface area contributed by atoms with E-state index in [-0.39, 0.29) is 0 Å². The van der Waals surface area contributed by atoms with E-state index in [1.54, 1.807) is 0 Å². The SMILES string of the molecule is CC(C)(O)OC1C[C@@H](OCCOCc2ccccc2)[C@H](O)[C@H]1N. The second-order valence-electron chi connectivity index (χ2n) is 6.35. The Hall–Kier alpha value is -1.02. The van der Waals surface area contributed by atoms with Gasteiger partial charge in [-0.3, -0.25) is 0 Å². The van der Waals surface area contributed by atoms with Gasteiger partial charge < -0.3 is 30.2 Å². The molecule has 6 nitrogen and oxygen atoms in total. The topological polar surface area (TPSA) is 94.2 Å². The molecule has 6 heteroatoms. The van der Waals surface area contributed by atoms with Crippen LogP contribution >= 0.6 is 0 Å². The molecule has 1 aliphatic rings. The zero-order valence-corrected chi connectivity index (χ0v) is 13.7. The molecule has 130 valence electrons. The van der Waals surface area contributed by atoms with Gasteiger partial charge in [0.2, 0.25) is 0 Å². The van der Waals surface area contributed by atoms with Crippen molar-refractivity contribution in [2.75, 3.05) is 13.2 Å². The molecular formula is C17H27NO5. The van der Waals surface area contributed by atoms with Gasteiger partial charge in [0, 0.05) is 6.42 Å². The quantitative estimate of drug-likeness (QED) is 0.483. The number of aliphatic hydroxyl groups is 2. The van der Waals surface area contributed by atoms with Crippen LogP contribution in [0.15, 0.2) is 30.3 Å². The minimum absolute atomic E-state index is 0.372. The van der Waals surface area contributed by atoms with Crippen molar-refractivity contribution in [2.24, 2.45) is 5.73 Å². The number of rotatable bonds is 8. The Morgan fingerprint density at radius 2 is 1.87 bits per heavy atom. The molecule has 4 N–H and O–H groups in total. The summed E-state index contributed by atoms with van der Waals surface area (Å²) in [5.41, 5.74) is 7.03. The third kappa shape index (κ3) is 5.84. The molecule has 23 heavy (non-hydrogen) atoms. The maximum atomic E-state index is 10.1. The first-order valence-corrected chi connectivity index (χ1v) is 7.94. The van der Waals surface area contributed by atoms with E-state index >= 15 is 0 Å². The normalized spacial score (nSPS) is 28.2. The summed E-state index contributed by atoms with van der Waals surface area (Å²) in [5.74, 6) is -1.28. The molecule has 1 aliphatic carbocycles. The van der Waals surface area contributed by atoms with Crippen LogP contribution in [0.5, 0.6) is 0 Å². The Bertz CT molecular complexity index is 462. The first-order chi connectivity index (χ1) is 10.9. The van der Waals surface area contributed by atoms with Gasteiger partial charge in [0.1, 0.15) is 0 Å². The van der Waals surface area contributed by atoms with E-state index in [1.807, 2.05) is 30.3 Å². The molecule has 0 heterocycles. The van der Waals surface area contributed by atoms with Crippen LogP contribution in [0.3, 0.4) is 0 Å². The van der Waals surface area contributed by atoms with Crippen LogP contribution in [-0.4, -0.2) is 53.6 Å². The van der Waals surface area contributed by atoms with Crippen LogP contribution in [0.4, 0.5) is 0 Å². The number of benzene rings is 1. The molecular weight excluding hydrogens is 298 g/mol. The number of aliphatic hydroxyl groups excluding tert-OH is 1. The summed E-state index contributed by atoms with van der Waals surface area (Å²) < 4.78 is 16.6. The van der Waals surface area contributed by atoms with Gasteiger partial charge in [-0.15, -0.1) is 0 Å². The van der Waals surface area contributed by atoms with Crippen molar-refractivity contribution in [3.8, 4) is 0 Å². The van der Waals surface area contributed by atoms with Crippen molar-refractivity contribution < 1.29 is 24.4 Å². The number of hydrogen-bond donors (Lipinski definition) is 3. The molecule has 0 bridgehead atoms. The summed E-state index contributed by atoms with van der Waals surface area (Å²) >= 11 is 0. The van der Waals surface area contributed by atoms with Gasteiger partial charge in [-0.25, -0.2) is 0 Å². The standard InChI is InChI=1S/C17H27NO5/c1-17(2,20)23-13-10-14(16(19)15(13)18)22-9-8-21-11-12-6-4-3-5-7-12/h3-7,13-16,19-20H,8-11,18H2,1-2H3/t13?,14-,15+,16+/m1/s1. The smallest absolute Gasteiger partial charge is 0.160 e. The van der Waals surface area contributed by atoms with Crippen molar-refractivity contribution in [1.82, 2.24) is 0 Å². The molecule has 0 saturated heterocycles. The largest absolute Gasteiger partial charge is 0.389 e. The lowest BCUT2D eigenvalue weighted by molar-refractivity contribution is -0.208. The van der Waals surface area contributed by atoms with E-state index in [0.29, 0.717) is 26.2 Å². The molecule has 1 unspecified atom stereocenters. The molecule has 0 radical (unpaired) electrons. The van der Waals surface area contributed by atoms with E-state index < -0.39 is 30.1 Å². The van der Waals surface area contributed by atoms with Gasteiger partial charge in [0.25, 0.3) is 0 Å². The molecule has 1 aromatic rings. The molecule has 0 aromatic heterocycles. The van der Waals surface area contributed by atoms with Crippen molar-refractivity contribution in [3.05, 3.63) is 35.9 Å². The molecule has 1 aromatic carbocycles. The molecule has 2 rings (SSSR count). The van der Waals surface area contributed by atoms with Crippen LogP contribution in [-0.2, 0) is 20.8 Å². The van der Waals surface area contributed by atoms with Gasteiger partial charge in [-0.2, -0.15) is 0 Å². The van der Waals surface area contributed by atoms with E-state index in [2.05, 4.69) is 0 Å². The highest BCUT2D eigenvalue weighted by Gasteiger charge is 2.43. The second-order valence-corrected chi connectivity index (χ2v) is 6.35. The van der Waals surface area contributed by atoms with Crippen molar-refractivity contribution in [3.63, 3.8) is 0 Å². The van der Waals surface area contributed by atoms with Crippen LogP contribution in [0, 0.1) is 0 Å². The molecule has 4 atom stereocenters. The average Bonchev–Trinajstić information content (AvgIpc) is 2.74. The summed E-state index contributed by atoms with van der Waals surface area (Å²) in [4.78, 5) is 0. The van der Waals surface area contributed by atoms with Crippen LogP contribution in [0.25, 0.3) is 0 Å². The third-order valence-electron chi connectivity index (χ3n) is 3.78. The zero-order chi connectivity index (χ0) is 16.9. The van der Waals surface area contributed by atoms with Crippen molar-refractivity contribution in [1.29, 1.82) is 0 Å². The lowest BCUT2D eigenvalue weighted by atomic mass is 10.2. The van der Waals surface area contributed by atoms with E-state index in [4.69, 9.17) is 19.9 Å². The minimum Gasteiger partial charge on any atom is -0.389 e. The maximum Gasteiger partial charge on any atom is 0.160 e. The molecule has 0 amide bonds. The highest BCUT2D eigenvalue weighted by Crippen LogP contribution is 2.27. The van der Waals surface area contributed by atoms with Gasteiger partial charge in [0.15, 0.2) is 5.79 Å². The van der Waals surface area contributed by atoms with Crippen LogP contribution < -0.4 is 5.73 Å². The fraction of sp³-hybridized carbons (Fsp3) is 0.647. The Kier molecular flexibility index (Phi) is 6.52. The minimum atomic E-state index is -1.28. The number of hydrogen-bond acceptors (Lipinski definition) is 6. The van der Waals surface area contributed by atoms with E-state index in [9.17, 15) is 10.2 Å². The zero-order valence-electron chi connectivity index (χ0n) is 13.7. The van der Waals surface area contributed by atoms with Crippen LogP contribution in [0.2, 0.25) is 0 Å². The Morgan fingerprint density at radius 1 is 1.17 bits per heavy atom. The van der Waals surface area contributed by atoms with E-state index in [0.717, 1.165) is 5.56 Å². The first-order valence-electron chi connectivity index (χ1n) is 7.94. The fourth-order valence-electron chi connectivity index (χ4n) is 2.68. The summed E-state index contributed by atoms with van der Waals surface area (Å²) in [5, 5.41) is 19.8. The summed E-state index contributed by atoms with van der Waals surface area (Å²) in [6.45, 7) is 4.41. The molecule has 0 aliphatic heterocycles. The predicted molar refractivity (Wildman–Crippen MR) is 85.6 cm³/mol. The number of ether oxygens (including phenoxy) is 3. The fourth-order valence-corrected chi connectivity index (χ4v) is 2.68. The van der Waals surface area contributed by atoms with Crippen molar-refractivity contribution in [2.45, 2.75) is 57.0 Å². The monoisotopic (exact) mass is 325 g/mol. The summed E-state index contributed by atoms with van der Waals surface area (Å²) in [6, 6.07) is 9.32. The van der Waals surface area contributed by atoms with Gasteiger partial charge in [0.05, 0.1) is 44.2 Å². The highest BCUT2D eigenvalue weighted by molar-refractivity contribution is 5.13. The average molecular weight is 325 g/mol. The lowest BCUT2D eigenvalue weighted by Gasteiger charge is -2.26. The Labute approximate surface area is 137 Å². The van der Waals surface area contributed by atoms with Gasteiger partial charge in [-0.1, -0.05) is 30.3 Å². The maximum absolute atomic E-state index is 10.1. The summed E-state index contributed by atoms with van der Waals surface area (Å²) in [6.07, 6.45) is -1.19. The highest BCUT2D eigenvalue weighted by atomic mass is 16.6. The van der Waals surface area contributed by atoms with Crippen molar-refractivity contribution >= 4 is 0 Å². The predicted octanol–water partition coefficient (Wildman–Crippen LogP) is 0.794. The molecule has 0 spiro atoms. The third-order valence-corrected chi connectivity index (χ3v) is 3.78. The first kappa shape index (κ1) is 18.3. The van der Waals surface area contributed by atoms with Gasteiger partial charge >= 0.3 is 0 Å². The molecule has 1 saturated carbocycles. The van der Waals surface area contributed by atoms with E-state index in [1.165, 1.54) is 13.8 Å². The Morgan fingerprint density at radius 3 is 2.52 bits per heavy atom. The summed E-state index contributed by atoms with van der Waals surface area (Å²) in [7, 11) is 0. The Balaban J connectivity index is 1.67. The second kappa shape index (κ2) is 8.19.